The van der Waals surface area contributed by atoms with Crippen LogP contribution in [0.25, 0.3) is 0 Å². The summed E-state index contributed by atoms with van der Waals surface area (Å²) in [6, 6.07) is 25.3. The van der Waals surface area contributed by atoms with E-state index in [0.29, 0.717) is 30.8 Å². The molecule has 0 fully saturated rings. The minimum Gasteiger partial charge on any atom is -0.443 e. The molecule has 1 aromatic heterocycles. The molecule has 2 heterocycles. The maximum Gasteiger partial charge on any atom is 0.419 e. The standard InChI is InChI=1S/C32H33N5O4S/c1-32(2,3)41-31(38)36-21-27(34-23-36)20-35-22-28(17-24-10-6-4-7-11-24)37(42(39,40)29-12-8-5-9-13-29)19-26-16-25(18-33)14-15-30(26)35/h4-16,21,23,28H,17,19-20,22H2,1-3H3/t28-/m1/s1. The Bertz CT molecular complexity index is 1710. The SMILES string of the molecule is CC(C)(C)OC(=O)n1cnc(CN2C[C@@H](Cc3ccccc3)N(S(=O)(=O)c3ccccc3)Cc3cc(C#N)ccc32)c1. The van der Waals surface area contributed by atoms with E-state index in [1.165, 1.54) is 10.9 Å². The summed E-state index contributed by atoms with van der Waals surface area (Å²) in [7, 11) is -3.89. The Hall–Kier alpha value is -4.46. The van der Waals surface area contributed by atoms with E-state index in [2.05, 4.69) is 16.0 Å². The van der Waals surface area contributed by atoms with Gasteiger partial charge in [0, 0.05) is 31.0 Å². The monoisotopic (exact) mass is 583 g/mol. The molecular formula is C32H33N5O4S. The third-order valence-electron chi connectivity index (χ3n) is 6.97. The number of sulfonamides is 1. The number of hydrogen-bond donors (Lipinski definition) is 0. The van der Waals surface area contributed by atoms with Crippen molar-refractivity contribution in [3.63, 3.8) is 0 Å². The van der Waals surface area contributed by atoms with E-state index in [4.69, 9.17) is 4.74 Å². The topological polar surface area (TPSA) is 109 Å². The highest BCUT2D eigenvalue weighted by molar-refractivity contribution is 7.89. The van der Waals surface area contributed by atoms with Crippen LogP contribution in [0.4, 0.5) is 10.5 Å². The molecule has 42 heavy (non-hydrogen) atoms. The van der Waals surface area contributed by atoms with E-state index in [0.717, 1.165) is 16.8 Å². The highest BCUT2D eigenvalue weighted by Crippen LogP contribution is 2.33. The summed E-state index contributed by atoms with van der Waals surface area (Å²) >= 11 is 0. The number of carbonyl (C=O) groups excluding carboxylic acids is 1. The number of hydrogen-bond acceptors (Lipinski definition) is 7. The van der Waals surface area contributed by atoms with Crippen molar-refractivity contribution in [2.24, 2.45) is 0 Å². The van der Waals surface area contributed by atoms with Gasteiger partial charge in [-0.25, -0.2) is 22.8 Å². The van der Waals surface area contributed by atoms with Crippen molar-refractivity contribution in [2.45, 2.75) is 56.8 Å². The first kappa shape index (κ1) is 29.0. The minimum atomic E-state index is -3.89. The van der Waals surface area contributed by atoms with Gasteiger partial charge in [0.2, 0.25) is 10.0 Å². The predicted molar refractivity (Wildman–Crippen MR) is 159 cm³/mol. The molecule has 5 rings (SSSR count). The lowest BCUT2D eigenvalue weighted by Crippen LogP contribution is -2.45. The van der Waals surface area contributed by atoms with Crippen molar-refractivity contribution in [1.82, 2.24) is 13.9 Å². The van der Waals surface area contributed by atoms with Gasteiger partial charge in [-0.3, -0.25) is 0 Å². The van der Waals surface area contributed by atoms with Crippen LogP contribution >= 0.6 is 0 Å². The first-order valence-corrected chi connectivity index (χ1v) is 15.1. The number of imidazole rings is 1. The van der Waals surface area contributed by atoms with Crippen molar-refractivity contribution >= 4 is 21.8 Å². The summed E-state index contributed by atoms with van der Waals surface area (Å²) in [5.74, 6) is 0. The Morgan fingerprint density at radius 2 is 1.74 bits per heavy atom. The molecular weight excluding hydrogens is 550 g/mol. The second-order valence-electron chi connectivity index (χ2n) is 11.3. The van der Waals surface area contributed by atoms with E-state index < -0.39 is 27.8 Å². The summed E-state index contributed by atoms with van der Waals surface area (Å²) in [5, 5.41) is 9.64. The second kappa shape index (κ2) is 11.8. The van der Waals surface area contributed by atoms with Crippen LogP contribution in [0.5, 0.6) is 0 Å². The van der Waals surface area contributed by atoms with E-state index in [1.807, 2.05) is 36.4 Å². The average Bonchev–Trinajstić information content (AvgIpc) is 3.38. The van der Waals surface area contributed by atoms with Crippen LogP contribution in [0.1, 0.15) is 43.2 Å². The number of ether oxygens (including phenoxy) is 1. The Kier molecular flexibility index (Phi) is 8.16. The lowest BCUT2D eigenvalue weighted by atomic mass is 10.1. The van der Waals surface area contributed by atoms with Gasteiger partial charge in [0.05, 0.1) is 28.8 Å². The van der Waals surface area contributed by atoms with Crippen LogP contribution in [0.3, 0.4) is 0 Å². The number of carbonyl (C=O) groups is 1. The van der Waals surface area contributed by atoms with E-state index in [9.17, 15) is 18.5 Å². The van der Waals surface area contributed by atoms with Crippen LogP contribution in [0.15, 0.2) is 96.3 Å². The number of fused-ring (bicyclic) bond motifs is 1. The molecule has 216 valence electrons. The molecule has 9 nitrogen and oxygen atoms in total. The normalized spacial score (nSPS) is 15.9. The first-order valence-electron chi connectivity index (χ1n) is 13.7. The van der Waals surface area contributed by atoms with Crippen molar-refractivity contribution in [1.29, 1.82) is 5.26 Å². The van der Waals surface area contributed by atoms with Gasteiger partial charge in [0.1, 0.15) is 11.9 Å². The number of anilines is 1. The lowest BCUT2D eigenvalue weighted by molar-refractivity contribution is 0.0536. The van der Waals surface area contributed by atoms with Gasteiger partial charge < -0.3 is 9.64 Å². The van der Waals surface area contributed by atoms with Crippen molar-refractivity contribution < 1.29 is 17.9 Å². The predicted octanol–water partition coefficient (Wildman–Crippen LogP) is 5.36. The highest BCUT2D eigenvalue weighted by atomic mass is 32.2. The maximum absolute atomic E-state index is 14.1. The fourth-order valence-corrected chi connectivity index (χ4v) is 6.71. The average molecular weight is 584 g/mol. The van der Waals surface area contributed by atoms with Gasteiger partial charge in [-0.1, -0.05) is 48.5 Å². The first-order chi connectivity index (χ1) is 20.0. The second-order valence-corrected chi connectivity index (χ2v) is 13.2. The molecule has 0 saturated carbocycles. The zero-order valence-electron chi connectivity index (χ0n) is 23.8. The van der Waals surface area contributed by atoms with Crippen LogP contribution in [0, 0.1) is 11.3 Å². The smallest absolute Gasteiger partial charge is 0.419 e. The lowest BCUT2D eigenvalue weighted by Gasteiger charge is -2.32. The fraction of sp³-hybridized carbons (Fsp3) is 0.281. The molecule has 1 aliphatic rings. The molecule has 0 amide bonds. The van der Waals surface area contributed by atoms with Crippen molar-refractivity contribution in [2.75, 3.05) is 11.4 Å². The fourth-order valence-electron chi connectivity index (χ4n) is 5.10. The molecule has 4 aromatic rings. The molecule has 1 atom stereocenters. The highest BCUT2D eigenvalue weighted by Gasteiger charge is 2.37. The van der Waals surface area contributed by atoms with Gasteiger partial charge >= 0.3 is 6.09 Å². The largest absolute Gasteiger partial charge is 0.443 e. The zero-order valence-corrected chi connectivity index (χ0v) is 24.7. The number of aromatic nitrogens is 2. The third-order valence-corrected chi connectivity index (χ3v) is 8.88. The Balaban J connectivity index is 1.55. The molecule has 1 aliphatic heterocycles. The molecule has 0 saturated heterocycles. The van der Waals surface area contributed by atoms with Crippen LogP contribution in [0.2, 0.25) is 0 Å². The quantitative estimate of drug-likeness (QED) is 0.301. The number of nitriles is 1. The number of rotatable bonds is 6. The molecule has 3 aromatic carbocycles. The maximum atomic E-state index is 14.1. The van der Waals surface area contributed by atoms with Crippen molar-refractivity contribution in [3.05, 3.63) is 114 Å². The zero-order chi connectivity index (χ0) is 29.9. The van der Waals surface area contributed by atoms with Gasteiger partial charge in [-0.2, -0.15) is 9.57 Å². The molecule has 0 unspecified atom stereocenters. The molecule has 0 radical (unpaired) electrons. The summed E-state index contributed by atoms with van der Waals surface area (Å²) in [6.45, 7) is 6.18. The summed E-state index contributed by atoms with van der Waals surface area (Å²) < 4.78 is 36.6. The molecule has 0 bridgehead atoms. The van der Waals surface area contributed by atoms with Crippen LogP contribution in [-0.4, -0.2) is 46.6 Å². The number of nitrogens with zero attached hydrogens (tertiary/aromatic N) is 5. The minimum absolute atomic E-state index is 0.0996. The van der Waals surface area contributed by atoms with Gasteiger partial charge in [0.25, 0.3) is 0 Å². The van der Waals surface area contributed by atoms with Gasteiger partial charge in [-0.15, -0.1) is 0 Å². The van der Waals surface area contributed by atoms with E-state index in [-0.39, 0.29) is 11.4 Å². The van der Waals surface area contributed by atoms with Crippen LogP contribution < -0.4 is 4.90 Å². The molecule has 10 heteroatoms. The molecule has 0 aliphatic carbocycles. The molecule has 0 spiro atoms. The van der Waals surface area contributed by atoms with Gasteiger partial charge in [-0.05, 0) is 68.7 Å². The van der Waals surface area contributed by atoms with E-state index in [1.54, 1.807) is 73.7 Å². The Morgan fingerprint density at radius 1 is 1.05 bits per heavy atom. The third kappa shape index (κ3) is 6.54. The van der Waals surface area contributed by atoms with E-state index >= 15 is 0 Å². The Labute approximate surface area is 246 Å². The summed E-state index contributed by atoms with van der Waals surface area (Å²) in [6.07, 6.45) is 3.01. The molecule has 0 N–H and O–H groups in total. The number of benzene rings is 3. The summed E-state index contributed by atoms with van der Waals surface area (Å²) in [5.41, 5.74) is 2.95. The summed E-state index contributed by atoms with van der Waals surface area (Å²) in [4.78, 5) is 19.4. The van der Waals surface area contributed by atoms with Crippen molar-refractivity contribution in [3.8, 4) is 6.07 Å². The van der Waals surface area contributed by atoms with Crippen LogP contribution in [-0.2, 0) is 34.3 Å². The Morgan fingerprint density at radius 3 is 2.40 bits per heavy atom. The van der Waals surface area contributed by atoms with Gasteiger partial charge in [0.15, 0.2) is 0 Å².